The number of benzene rings is 3. The second-order valence-corrected chi connectivity index (χ2v) is 16.3. The summed E-state index contributed by atoms with van der Waals surface area (Å²) < 4.78 is 17.3. The van der Waals surface area contributed by atoms with Gasteiger partial charge in [0.15, 0.2) is 5.16 Å². The molecule has 268 valence electrons. The molecule has 0 bridgehead atoms. The second kappa shape index (κ2) is 15.6. The van der Waals surface area contributed by atoms with Crippen LogP contribution in [-0.2, 0) is 43.7 Å². The van der Waals surface area contributed by atoms with E-state index < -0.39 is 0 Å². The van der Waals surface area contributed by atoms with Crippen molar-refractivity contribution in [3.8, 4) is 11.3 Å². The second-order valence-electron chi connectivity index (χ2n) is 14.3. The SMILES string of the molecule is CCC(C)(C)C1CCc2c(sc3nc(SCC(=O)NCc4cn(Cc5ccccc5)nc4-c4ccccc4)n(CCc4ccc(F)cc4)c(=O)c23)C1. The first-order valence-electron chi connectivity index (χ1n) is 18.0. The van der Waals surface area contributed by atoms with Gasteiger partial charge < -0.3 is 5.32 Å². The van der Waals surface area contributed by atoms with E-state index in [1.807, 2.05) is 59.4 Å². The van der Waals surface area contributed by atoms with Gasteiger partial charge in [0.1, 0.15) is 10.6 Å². The molecule has 0 spiro atoms. The maximum Gasteiger partial charge on any atom is 0.263 e. The van der Waals surface area contributed by atoms with Gasteiger partial charge in [-0.2, -0.15) is 5.10 Å². The summed E-state index contributed by atoms with van der Waals surface area (Å²) in [4.78, 5) is 34.8. The zero-order chi connectivity index (χ0) is 36.2. The van der Waals surface area contributed by atoms with Crippen LogP contribution in [0.2, 0.25) is 0 Å². The average molecular weight is 734 g/mol. The zero-order valence-corrected chi connectivity index (χ0v) is 31.5. The molecule has 1 aliphatic carbocycles. The van der Waals surface area contributed by atoms with Gasteiger partial charge in [0.25, 0.3) is 5.56 Å². The van der Waals surface area contributed by atoms with E-state index in [0.29, 0.717) is 37.1 Å². The molecule has 6 aromatic rings. The standard InChI is InChI=1S/C42H44FN5O2S2/c1-4-42(2,3)32-17-20-34-35(23-32)52-39-37(34)40(50)48(22-21-28-15-18-33(43)19-16-28)41(45-39)51-27-36(49)44-24-31-26-47(25-29-11-7-5-8-12-29)46-38(31)30-13-9-6-10-14-30/h5-16,18-19,26,32H,4,17,20-25,27H2,1-3H3,(H,44,49). The van der Waals surface area contributed by atoms with Gasteiger partial charge in [0, 0.05) is 35.3 Å². The third-order valence-corrected chi connectivity index (χ3v) is 12.7. The highest BCUT2D eigenvalue weighted by molar-refractivity contribution is 7.99. The topological polar surface area (TPSA) is 81.8 Å². The lowest BCUT2D eigenvalue weighted by molar-refractivity contribution is -0.118. The molecule has 1 unspecified atom stereocenters. The lowest BCUT2D eigenvalue weighted by Crippen LogP contribution is -2.29. The van der Waals surface area contributed by atoms with Crippen molar-refractivity contribution < 1.29 is 9.18 Å². The molecule has 7 rings (SSSR count). The summed E-state index contributed by atoms with van der Waals surface area (Å²) in [6.45, 7) is 8.26. The van der Waals surface area contributed by atoms with Crippen molar-refractivity contribution in [1.29, 1.82) is 0 Å². The van der Waals surface area contributed by atoms with E-state index in [0.717, 1.165) is 69.4 Å². The van der Waals surface area contributed by atoms with E-state index in [9.17, 15) is 14.0 Å². The molecule has 1 N–H and O–H groups in total. The number of hydrogen-bond acceptors (Lipinski definition) is 6. The number of nitrogens with one attached hydrogen (secondary N) is 1. The van der Waals surface area contributed by atoms with Crippen molar-refractivity contribution in [1.82, 2.24) is 24.6 Å². The summed E-state index contributed by atoms with van der Waals surface area (Å²) in [7, 11) is 0. The molecule has 1 atom stereocenters. The number of nitrogens with zero attached hydrogens (tertiary/aromatic N) is 4. The maximum absolute atomic E-state index is 14.3. The van der Waals surface area contributed by atoms with Gasteiger partial charge in [-0.15, -0.1) is 11.3 Å². The number of aryl methyl sites for hydroxylation is 2. The first-order chi connectivity index (χ1) is 25.2. The third kappa shape index (κ3) is 7.93. The van der Waals surface area contributed by atoms with Crippen LogP contribution in [0, 0.1) is 17.2 Å². The molecular formula is C42H44FN5O2S2. The fourth-order valence-electron chi connectivity index (χ4n) is 7.05. The van der Waals surface area contributed by atoms with Crippen molar-refractivity contribution in [2.75, 3.05) is 5.75 Å². The van der Waals surface area contributed by atoms with Crippen LogP contribution in [0.3, 0.4) is 0 Å². The molecule has 0 saturated heterocycles. The monoisotopic (exact) mass is 733 g/mol. The summed E-state index contributed by atoms with van der Waals surface area (Å²) in [5.41, 5.74) is 6.13. The van der Waals surface area contributed by atoms with E-state index in [-0.39, 0.29) is 28.5 Å². The number of hydrogen-bond donors (Lipinski definition) is 1. The first-order valence-corrected chi connectivity index (χ1v) is 19.8. The molecule has 0 radical (unpaired) electrons. The number of carbonyl (C=O) groups excluding carboxylic acids is 1. The lowest BCUT2D eigenvalue weighted by atomic mass is 9.70. The summed E-state index contributed by atoms with van der Waals surface area (Å²) >= 11 is 2.92. The number of carbonyl (C=O) groups is 1. The van der Waals surface area contributed by atoms with Gasteiger partial charge >= 0.3 is 0 Å². The fourth-order valence-corrected chi connectivity index (χ4v) is 9.25. The van der Waals surface area contributed by atoms with E-state index in [4.69, 9.17) is 10.1 Å². The third-order valence-electron chi connectivity index (χ3n) is 10.6. The number of thiophene rings is 1. The molecule has 1 aliphatic rings. The molecule has 7 nitrogen and oxygen atoms in total. The van der Waals surface area contributed by atoms with Crippen molar-refractivity contribution in [3.63, 3.8) is 0 Å². The van der Waals surface area contributed by atoms with Crippen molar-refractivity contribution >= 4 is 39.2 Å². The molecule has 1 amide bonds. The molecule has 10 heteroatoms. The highest BCUT2D eigenvalue weighted by atomic mass is 32.2. The largest absolute Gasteiger partial charge is 0.351 e. The van der Waals surface area contributed by atoms with Gasteiger partial charge in [-0.25, -0.2) is 9.37 Å². The minimum atomic E-state index is -0.292. The van der Waals surface area contributed by atoms with Crippen LogP contribution in [-0.4, -0.2) is 31.0 Å². The Labute approximate surface area is 312 Å². The van der Waals surface area contributed by atoms with Crippen LogP contribution in [0.15, 0.2) is 101 Å². The minimum absolute atomic E-state index is 0.0564. The predicted octanol–water partition coefficient (Wildman–Crippen LogP) is 8.70. The fraction of sp³-hybridized carbons (Fsp3) is 0.333. The van der Waals surface area contributed by atoms with E-state index in [1.54, 1.807) is 28.0 Å². The lowest BCUT2D eigenvalue weighted by Gasteiger charge is -2.36. The van der Waals surface area contributed by atoms with Crippen molar-refractivity contribution in [2.24, 2.45) is 11.3 Å². The minimum Gasteiger partial charge on any atom is -0.351 e. The number of fused-ring (bicyclic) bond motifs is 3. The summed E-state index contributed by atoms with van der Waals surface area (Å²) in [5.74, 6) is 0.212. The normalized spacial score (nSPS) is 14.4. The van der Waals surface area contributed by atoms with Crippen LogP contribution in [0.5, 0.6) is 0 Å². The Balaban J connectivity index is 1.12. The van der Waals surface area contributed by atoms with E-state index in [2.05, 4.69) is 38.2 Å². The smallest absolute Gasteiger partial charge is 0.263 e. The van der Waals surface area contributed by atoms with Gasteiger partial charge in [-0.1, -0.05) is 112 Å². The van der Waals surface area contributed by atoms with Crippen LogP contribution < -0.4 is 10.9 Å². The molecule has 3 aromatic heterocycles. The molecule has 52 heavy (non-hydrogen) atoms. The van der Waals surface area contributed by atoms with Crippen LogP contribution in [0.4, 0.5) is 4.39 Å². The van der Waals surface area contributed by atoms with Crippen molar-refractivity contribution in [2.45, 2.75) is 77.7 Å². The molecular weight excluding hydrogens is 690 g/mol. The quantitative estimate of drug-likeness (QED) is 0.0949. The Morgan fingerprint density at radius 1 is 1.02 bits per heavy atom. The van der Waals surface area contributed by atoms with Crippen LogP contribution in [0.25, 0.3) is 21.5 Å². The van der Waals surface area contributed by atoms with Crippen LogP contribution in [0.1, 0.15) is 60.7 Å². The molecule has 0 saturated carbocycles. The highest BCUT2D eigenvalue weighted by Crippen LogP contribution is 2.44. The Morgan fingerprint density at radius 2 is 1.75 bits per heavy atom. The van der Waals surface area contributed by atoms with E-state index in [1.165, 1.54) is 28.8 Å². The predicted molar refractivity (Wildman–Crippen MR) is 209 cm³/mol. The van der Waals surface area contributed by atoms with Gasteiger partial charge in [-0.05, 0) is 65.8 Å². The summed E-state index contributed by atoms with van der Waals surface area (Å²) in [6, 6.07) is 26.5. The average Bonchev–Trinajstić information content (AvgIpc) is 3.74. The number of rotatable bonds is 13. The van der Waals surface area contributed by atoms with Gasteiger partial charge in [-0.3, -0.25) is 18.8 Å². The first kappa shape index (κ1) is 35.8. The molecule has 0 aliphatic heterocycles. The zero-order valence-electron chi connectivity index (χ0n) is 29.9. The van der Waals surface area contributed by atoms with Crippen LogP contribution >= 0.6 is 23.1 Å². The molecule has 0 fully saturated rings. The Kier molecular flexibility index (Phi) is 10.8. The maximum atomic E-state index is 14.3. The number of halogens is 1. The summed E-state index contributed by atoms with van der Waals surface area (Å²) in [6.07, 6.45) is 6.54. The number of amides is 1. The van der Waals surface area contributed by atoms with E-state index >= 15 is 0 Å². The number of aromatic nitrogens is 4. The summed E-state index contributed by atoms with van der Waals surface area (Å²) in [5, 5.41) is 9.24. The molecule has 3 aromatic carbocycles. The highest BCUT2D eigenvalue weighted by Gasteiger charge is 2.34. The number of thioether (sulfide) groups is 1. The Hall–Kier alpha value is -4.54. The van der Waals surface area contributed by atoms with Gasteiger partial charge in [0.2, 0.25) is 5.91 Å². The van der Waals surface area contributed by atoms with Crippen molar-refractivity contribution in [3.05, 3.63) is 134 Å². The Morgan fingerprint density at radius 3 is 2.48 bits per heavy atom. The Bertz CT molecular complexity index is 2230. The van der Waals surface area contributed by atoms with Gasteiger partial charge in [0.05, 0.1) is 23.4 Å². The molecule has 3 heterocycles.